The Hall–Kier alpha value is -3.88. The topological polar surface area (TPSA) is 114 Å². The molecule has 162 valence electrons. The molecule has 2 aromatic carbocycles. The summed E-state index contributed by atoms with van der Waals surface area (Å²) >= 11 is 0. The van der Waals surface area contributed by atoms with Crippen molar-refractivity contribution in [2.75, 3.05) is 26.3 Å². The van der Waals surface area contributed by atoms with Gasteiger partial charge in [0.25, 0.3) is 5.91 Å². The number of nitrogens with one attached hydrogen (secondary N) is 2. The quantitative estimate of drug-likeness (QED) is 0.357. The Balaban J connectivity index is 1.37. The van der Waals surface area contributed by atoms with Crippen LogP contribution in [0.15, 0.2) is 48.5 Å². The van der Waals surface area contributed by atoms with Crippen LogP contribution in [0.2, 0.25) is 0 Å². The molecule has 9 heteroatoms. The minimum atomic E-state index is -0.646. The van der Waals surface area contributed by atoms with Crippen LogP contribution in [0.5, 0.6) is 5.75 Å². The highest BCUT2D eigenvalue weighted by Gasteiger charge is 2.28. The summed E-state index contributed by atoms with van der Waals surface area (Å²) in [7, 11) is 0. The summed E-state index contributed by atoms with van der Waals surface area (Å²) in [5.41, 5.74) is 2.03. The maximum absolute atomic E-state index is 12.1. The van der Waals surface area contributed by atoms with Crippen molar-refractivity contribution >= 4 is 23.8 Å². The molecular formula is C22H23N3O6. The van der Waals surface area contributed by atoms with Gasteiger partial charge < -0.3 is 20.1 Å². The number of benzene rings is 2. The number of ether oxygens (including phenoxy) is 2. The van der Waals surface area contributed by atoms with Gasteiger partial charge in [-0.2, -0.15) is 0 Å². The van der Waals surface area contributed by atoms with Crippen LogP contribution in [0.3, 0.4) is 0 Å². The van der Waals surface area contributed by atoms with Gasteiger partial charge in [0, 0.05) is 0 Å². The summed E-state index contributed by atoms with van der Waals surface area (Å²) in [5, 5.41) is 5.06. The summed E-state index contributed by atoms with van der Waals surface area (Å²) in [6, 6.07) is 13.4. The maximum Gasteiger partial charge on any atom is 0.338 e. The first-order valence-electron chi connectivity index (χ1n) is 9.73. The number of imide groups is 1. The molecule has 2 N–H and O–H groups in total. The second kappa shape index (κ2) is 10.2. The van der Waals surface area contributed by atoms with Crippen LogP contribution < -0.4 is 15.4 Å². The Morgan fingerprint density at radius 3 is 2.58 bits per heavy atom. The van der Waals surface area contributed by atoms with Gasteiger partial charge in [0.15, 0.2) is 6.61 Å². The number of amides is 4. The Morgan fingerprint density at radius 2 is 1.90 bits per heavy atom. The van der Waals surface area contributed by atoms with Crippen LogP contribution in [-0.2, 0) is 20.9 Å². The lowest BCUT2D eigenvalue weighted by Crippen LogP contribution is -2.32. The normalized spacial score (nSPS) is 13.0. The van der Waals surface area contributed by atoms with E-state index in [2.05, 4.69) is 10.6 Å². The molecule has 3 rings (SSSR count). The average Bonchev–Trinajstić information content (AvgIpc) is 3.07. The lowest BCUT2D eigenvalue weighted by atomic mass is 10.1. The van der Waals surface area contributed by atoms with E-state index < -0.39 is 24.5 Å². The number of hydrogen-bond acceptors (Lipinski definition) is 6. The highest BCUT2D eigenvalue weighted by atomic mass is 16.5. The molecule has 9 nitrogen and oxygen atoms in total. The van der Waals surface area contributed by atoms with E-state index in [1.54, 1.807) is 12.1 Å². The smallest absolute Gasteiger partial charge is 0.338 e. The van der Waals surface area contributed by atoms with Gasteiger partial charge in [-0.25, -0.2) is 9.59 Å². The van der Waals surface area contributed by atoms with Crippen LogP contribution in [0.4, 0.5) is 4.79 Å². The predicted octanol–water partition coefficient (Wildman–Crippen LogP) is 1.40. The van der Waals surface area contributed by atoms with Crippen LogP contribution in [0.1, 0.15) is 21.5 Å². The largest absolute Gasteiger partial charge is 0.492 e. The number of nitrogens with zero attached hydrogens (tertiary/aromatic N) is 1. The minimum absolute atomic E-state index is 0.0106. The molecule has 0 aliphatic carbocycles. The zero-order valence-electron chi connectivity index (χ0n) is 17.1. The van der Waals surface area contributed by atoms with E-state index in [9.17, 15) is 19.2 Å². The molecule has 0 atom stereocenters. The zero-order valence-corrected chi connectivity index (χ0v) is 17.1. The van der Waals surface area contributed by atoms with Crippen LogP contribution in [0, 0.1) is 6.92 Å². The summed E-state index contributed by atoms with van der Waals surface area (Å²) in [4.78, 5) is 48.2. The van der Waals surface area contributed by atoms with Crippen LogP contribution in [0.25, 0.3) is 0 Å². The van der Waals surface area contributed by atoms with E-state index >= 15 is 0 Å². The molecule has 2 aromatic rings. The lowest BCUT2D eigenvalue weighted by molar-refractivity contribution is -0.125. The first kappa shape index (κ1) is 21.8. The molecular weight excluding hydrogens is 402 g/mol. The van der Waals surface area contributed by atoms with E-state index in [0.717, 1.165) is 16.2 Å². The molecule has 0 spiro atoms. The first-order chi connectivity index (χ1) is 14.9. The second-order valence-corrected chi connectivity index (χ2v) is 6.93. The van der Waals surface area contributed by atoms with Crippen molar-refractivity contribution in [3.8, 4) is 5.75 Å². The van der Waals surface area contributed by atoms with Crippen molar-refractivity contribution in [2.45, 2.75) is 13.5 Å². The molecule has 1 saturated heterocycles. The number of rotatable bonds is 9. The van der Waals surface area contributed by atoms with Crippen LogP contribution >= 0.6 is 0 Å². The summed E-state index contributed by atoms with van der Waals surface area (Å²) in [6.45, 7) is 2.23. The maximum atomic E-state index is 12.1. The molecule has 0 radical (unpaired) electrons. The standard InChI is InChI=1S/C22H23N3O6/c1-15-3-2-4-18(11-15)30-10-9-23-19(26)14-31-21(28)17-7-5-16(6-8-17)13-25-20(27)12-24-22(25)29/h2-8,11H,9-10,12-14H2,1H3,(H,23,26)(H,24,29). The van der Waals surface area contributed by atoms with E-state index in [0.29, 0.717) is 12.2 Å². The molecule has 0 saturated carbocycles. The minimum Gasteiger partial charge on any atom is -0.492 e. The fourth-order valence-corrected chi connectivity index (χ4v) is 2.87. The third-order valence-electron chi connectivity index (χ3n) is 4.48. The number of aryl methyl sites for hydroxylation is 1. The molecule has 1 aliphatic heterocycles. The number of esters is 1. The molecule has 1 fully saturated rings. The van der Waals surface area contributed by atoms with Crippen molar-refractivity contribution in [3.05, 3.63) is 65.2 Å². The van der Waals surface area contributed by atoms with Gasteiger partial charge in [-0.3, -0.25) is 14.5 Å². The van der Waals surface area contributed by atoms with Gasteiger partial charge in [0.05, 0.1) is 25.2 Å². The zero-order chi connectivity index (χ0) is 22.2. The second-order valence-electron chi connectivity index (χ2n) is 6.93. The molecule has 4 amide bonds. The molecule has 1 aliphatic rings. The number of urea groups is 1. The van der Waals surface area contributed by atoms with E-state index in [1.165, 1.54) is 12.1 Å². The Morgan fingerprint density at radius 1 is 1.13 bits per heavy atom. The SMILES string of the molecule is Cc1cccc(OCCNC(=O)COC(=O)c2ccc(CN3C(=O)CNC3=O)cc2)c1. The third-order valence-corrected chi connectivity index (χ3v) is 4.48. The third kappa shape index (κ3) is 6.30. The Kier molecular flexibility index (Phi) is 7.21. The van der Waals surface area contributed by atoms with Gasteiger partial charge in [-0.15, -0.1) is 0 Å². The van der Waals surface area contributed by atoms with Crippen molar-refractivity contribution in [3.63, 3.8) is 0 Å². The molecule has 1 heterocycles. The van der Waals surface area contributed by atoms with E-state index in [4.69, 9.17) is 9.47 Å². The lowest BCUT2D eigenvalue weighted by Gasteiger charge is -2.12. The number of carbonyl (C=O) groups excluding carboxylic acids is 4. The van der Waals surface area contributed by atoms with Gasteiger partial charge in [0.2, 0.25) is 5.91 Å². The van der Waals surface area contributed by atoms with Crippen molar-refractivity contribution in [1.29, 1.82) is 0 Å². The first-order valence-corrected chi connectivity index (χ1v) is 9.73. The summed E-state index contributed by atoms with van der Waals surface area (Å²) in [6.07, 6.45) is 0. The average molecular weight is 425 g/mol. The van der Waals surface area contributed by atoms with Crippen molar-refractivity contribution < 1.29 is 28.7 Å². The molecule has 31 heavy (non-hydrogen) atoms. The molecule has 0 unspecified atom stereocenters. The van der Waals surface area contributed by atoms with E-state index in [-0.39, 0.29) is 31.1 Å². The van der Waals surface area contributed by atoms with E-state index in [1.807, 2.05) is 31.2 Å². The van der Waals surface area contributed by atoms with Crippen LogP contribution in [-0.4, -0.2) is 55.0 Å². The number of hydrogen-bond donors (Lipinski definition) is 2. The highest BCUT2D eigenvalue weighted by molar-refractivity contribution is 6.01. The highest BCUT2D eigenvalue weighted by Crippen LogP contribution is 2.12. The fraction of sp³-hybridized carbons (Fsp3) is 0.273. The fourth-order valence-electron chi connectivity index (χ4n) is 2.87. The molecule has 0 aromatic heterocycles. The summed E-state index contributed by atoms with van der Waals surface area (Å²) in [5.74, 6) is -0.660. The Labute approximate surface area is 179 Å². The molecule has 0 bridgehead atoms. The van der Waals surface area contributed by atoms with Gasteiger partial charge in [-0.05, 0) is 42.3 Å². The van der Waals surface area contributed by atoms with Gasteiger partial charge >= 0.3 is 12.0 Å². The number of carbonyl (C=O) groups is 4. The predicted molar refractivity (Wildman–Crippen MR) is 110 cm³/mol. The van der Waals surface area contributed by atoms with Crippen molar-refractivity contribution in [1.82, 2.24) is 15.5 Å². The van der Waals surface area contributed by atoms with Gasteiger partial charge in [0.1, 0.15) is 12.4 Å². The van der Waals surface area contributed by atoms with Crippen molar-refractivity contribution in [2.24, 2.45) is 0 Å². The summed E-state index contributed by atoms with van der Waals surface area (Å²) < 4.78 is 10.5. The Bertz CT molecular complexity index is 957. The van der Waals surface area contributed by atoms with Gasteiger partial charge in [-0.1, -0.05) is 24.3 Å². The monoisotopic (exact) mass is 425 g/mol.